The highest BCUT2D eigenvalue weighted by molar-refractivity contribution is 5.84. The molecular formula is C26H24N+. The SMILES string of the molecule is C=[n+]1ccc2c(c1-c1cc3c(cc1C)-c1ccccc1C3(C)C)CC=CC=2. The molecule has 0 saturated carbocycles. The van der Waals surface area contributed by atoms with Crippen LogP contribution in [0.4, 0.5) is 0 Å². The Bertz CT molecular complexity index is 1240. The third-order valence-corrected chi connectivity index (χ3v) is 6.27. The third-order valence-electron chi connectivity index (χ3n) is 6.27. The van der Waals surface area contributed by atoms with Crippen molar-refractivity contribution in [3.63, 3.8) is 0 Å². The van der Waals surface area contributed by atoms with Crippen LogP contribution in [0.3, 0.4) is 0 Å². The summed E-state index contributed by atoms with van der Waals surface area (Å²) < 4.78 is 2.04. The molecule has 27 heavy (non-hydrogen) atoms. The second-order valence-corrected chi connectivity index (χ2v) is 8.25. The van der Waals surface area contributed by atoms with Gasteiger partial charge in [0.25, 0.3) is 0 Å². The summed E-state index contributed by atoms with van der Waals surface area (Å²) in [6, 6.07) is 15.8. The standard InChI is InChI=1S/C26H24N/c1-17-15-22-20-11-7-8-12-23(20)26(2,3)24(22)16-21(17)25-19-10-6-5-9-18(19)13-14-27(25)4/h5-9,11-16H,4,10H2,1-3H3/q+1. The zero-order valence-corrected chi connectivity index (χ0v) is 16.2. The van der Waals surface area contributed by atoms with Gasteiger partial charge in [-0.2, -0.15) is 4.24 Å². The molecule has 0 saturated heterocycles. The highest BCUT2D eigenvalue weighted by Crippen LogP contribution is 2.50. The minimum atomic E-state index is 0.0151. The van der Waals surface area contributed by atoms with E-state index in [0.717, 1.165) is 6.42 Å². The van der Waals surface area contributed by atoms with E-state index >= 15 is 0 Å². The average Bonchev–Trinajstić information content (AvgIpc) is 2.89. The second-order valence-electron chi connectivity index (χ2n) is 8.25. The van der Waals surface area contributed by atoms with Crippen LogP contribution in [-0.2, 0) is 11.8 Å². The average molecular weight is 350 g/mol. The molecule has 0 aliphatic heterocycles. The van der Waals surface area contributed by atoms with E-state index < -0.39 is 0 Å². The van der Waals surface area contributed by atoms with Gasteiger partial charge in [-0.05, 0) is 52.4 Å². The van der Waals surface area contributed by atoms with Gasteiger partial charge in [0.15, 0.2) is 6.20 Å². The first kappa shape index (κ1) is 16.3. The zero-order chi connectivity index (χ0) is 18.8. The topological polar surface area (TPSA) is 5.90 Å². The molecule has 0 unspecified atom stereocenters. The molecule has 2 aromatic carbocycles. The fraction of sp³-hybridized carbons (Fsp3) is 0.192. The number of aryl methyl sites for hydroxylation is 1. The zero-order valence-electron chi connectivity index (χ0n) is 16.2. The molecule has 0 radical (unpaired) electrons. The lowest BCUT2D eigenvalue weighted by Gasteiger charge is -2.22. The number of rotatable bonds is 1. The van der Waals surface area contributed by atoms with Crippen molar-refractivity contribution in [2.24, 2.45) is 0 Å². The van der Waals surface area contributed by atoms with Gasteiger partial charge in [-0.3, -0.25) is 0 Å². The van der Waals surface area contributed by atoms with Gasteiger partial charge in [0.1, 0.15) is 6.72 Å². The van der Waals surface area contributed by atoms with Crippen molar-refractivity contribution in [1.82, 2.24) is 0 Å². The van der Waals surface area contributed by atoms with Crippen molar-refractivity contribution in [1.29, 1.82) is 0 Å². The van der Waals surface area contributed by atoms with Crippen molar-refractivity contribution in [3.8, 4) is 22.4 Å². The molecular weight excluding hydrogens is 326 g/mol. The smallest absolute Gasteiger partial charge is 0.173 e. The van der Waals surface area contributed by atoms with Crippen LogP contribution in [0.25, 0.3) is 28.5 Å². The Morgan fingerprint density at radius 3 is 2.63 bits per heavy atom. The largest absolute Gasteiger partial charge is 0.221 e. The molecule has 0 bridgehead atoms. The van der Waals surface area contributed by atoms with E-state index in [2.05, 4.69) is 94.4 Å². The fourth-order valence-electron chi connectivity index (χ4n) is 4.81. The van der Waals surface area contributed by atoms with Gasteiger partial charge >= 0.3 is 0 Å². The first-order chi connectivity index (χ1) is 13.0. The van der Waals surface area contributed by atoms with Crippen LogP contribution in [0, 0.1) is 13.6 Å². The molecule has 0 spiro atoms. The Balaban J connectivity index is 1.83. The molecule has 1 heterocycles. The van der Waals surface area contributed by atoms with Crippen LogP contribution < -0.4 is 9.46 Å². The lowest BCUT2D eigenvalue weighted by molar-refractivity contribution is -0.486. The summed E-state index contributed by atoms with van der Waals surface area (Å²) in [7, 11) is 0. The molecule has 1 aromatic heterocycles. The molecule has 0 atom stereocenters. The number of aromatic nitrogens is 1. The fourth-order valence-corrected chi connectivity index (χ4v) is 4.81. The number of nitrogens with zero attached hydrogens (tertiary/aromatic N) is 1. The highest BCUT2D eigenvalue weighted by atomic mass is 14.8. The molecule has 1 nitrogen and oxygen atoms in total. The lowest BCUT2D eigenvalue weighted by atomic mass is 9.81. The summed E-state index contributed by atoms with van der Waals surface area (Å²) in [6.45, 7) is 11.2. The molecule has 0 N–H and O–H groups in total. The molecule has 132 valence electrons. The molecule has 2 aliphatic rings. The minimum Gasteiger partial charge on any atom is -0.173 e. The number of benzene rings is 2. The van der Waals surface area contributed by atoms with E-state index in [1.165, 1.54) is 49.9 Å². The first-order valence-electron chi connectivity index (χ1n) is 9.62. The summed E-state index contributed by atoms with van der Waals surface area (Å²) in [4.78, 5) is 0. The van der Waals surface area contributed by atoms with Gasteiger partial charge < -0.3 is 0 Å². The quantitative estimate of drug-likeness (QED) is 0.557. The third kappa shape index (κ3) is 2.21. The number of allylic oxidation sites excluding steroid dienone is 2. The van der Waals surface area contributed by atoms with Gasteiger partial charge in [0.2, 0.25) is 5.69 Å². The maximum Gasteiger partial charge on any atom is 0.221 e. The molecule has 3 aromatic rings. The second kappa shape index (κ2) is 5.53. The van der Waals surface area contributed by atoms with Crippen molar-refractivity contribution >= 4 is 6.08 Å². The lowest BCUT2D eigenvalue weighted by Crippen LogP contribution is -2.27. The number of hydrogen-bond donors (Lipinski definition) is 0. The van der Waals surface area contributed by atoms with E-state index in [9.17, 15) is 0 Å². The van der Waals surface area contributed by atoms with E-state index in [-0.39, 0.29) is 5.41 Å². The van der Waals surface area contributed by atoms with Gasteiger partial charge in [-0.15, -0.1) is 0 Å². The predicted molar refractivity (Wildman–Crippen MR) is 112 cm³/mol. The Kier molecular flexibility index (Phi) is 3.33. The number of pyridine rings is 1. The van der Waals surface area contributed by atoms with Crippen LogP contribution in [0.1, 0.15) is 36.1 Å². The van der Waals surface area contributed by atoms with Crippen LogP contribution in [0.15, 0.2) is 60.8 Å². The number of hydrogen-bond acceptors (Lipinski definition) is 0. The monoisotopic (exact) mass is 350 g/mol. The summed E-state index contributed by atoms with van der Waals surface area (Å²) >= 11 is 0. The Hall–Kier alpha value is -2.93. The van der Waals surface area contributed by atoms with Crippen molar-refractivity contribution in [2.45, 2.75) is 32.6 Å². The molecule has 0 amide bonds. The molecule has 0 fully saturated rings. The summed E-state index contributed by atoms with van der Waals surface area (Å²) in [5, 5.41) is 1.30. The van der Waals surface area contributed by atoms with E-state index in [1.54, 1.807) is 0 Å². The first-order valence-corrected chi connectivity index (χ1v) is 9.62. The number of fused-ring (bicyclic) bond motifs is 4. The van der Waals surface area contributed by atoms with Gasteiger partial charge in [0.05, 0.1) is 5.56 Å². The minimum absolute atomic E-state index is 0.0151. The Morgan fingerprint density at radius 2 is 1.78 bits per heavy atom. The van der Waals surface area contributed by atoms with Gasteiger partial charge in [-0.25, -0.2) is 0 Å². The van der Waals surface area contributed by atoms with Crippen LogP contribution in [-0.4, -0.2) is 0 Å². The van der Waals surface area contributed by atoms with Crippen LogP contribution in [0.5, 0.6) is 0 Å². The van der Waals surface area contributed by atoms with E-state index in [1.807, 2.05) is 4.24 Å². The summed E-state index contributed by atoms with van der Waals surface area (Å²) in [6.07, 6.45) is 9.61. The summed E-state index contributed by atoms with van der Waals surface area (Å²) in [5.74, 6) is 0. The van der Waals surface area contributed by atoms with E-state index in [0.29, 0.717) is 0 Å². The highest BCUT2D eigenvalue weighted by Gasteiger charge is 2.36. The molecule has 2 aliphatic carbocycles. The summed E-state index contributed by atoms with van der Waals surface area (Å²) in [5.41, 5.74) is 10.8. The molecule has 5 rings (SSSR count). The predicted octanol–water partition coefficient (Wildman–Crippen LogP) is 4.79. The normalized spacial score (nSPS) is 15.7. The van der Waals surface area contributed by atoms with Gasteiger partial charge in [-0.1, -0.05) is 62.4 Å². The van der Waals surface area contributed by atoms with E-state index in [4.69, 9.17) is 0 Å². The maximum absolute atomic E-state index is 4.29. The maximum atomic E-state index is 4.29. The van der Waals surface area contributed by atoms with Crippen LogP contribution >= 0.6 is 0 Å². The van der Waals surface area contributed by atoms with Crippen molar-refractivity contribution in [2.75, 3.05) is 0 Å². The van der Waals surface area contributed by atoms with Crippen molar-refractivity contribution < 1.29 is 4.24 Å². The van der Waals surface area contributed by atoms with Crippen molar-refractivity contribution in [3.05, 3.63) is 95.0 Å². The van der Waals surface area contributed by atoms with Gasteiger partial charge in [0, 0.05) is 17.0 Å². The molecule has 1 heteroatoms. The van der Waals surface area contributed by atoms with Crippen LogP contribution in [0.2, 0.25) is 0 Å². The Morgan fingerprint density at radius 1 is 0.963 bits per heavy atom. The Labute approximate surface area is 160 Å².